The molecule has 0 saturated carbocycles. The fraction of sp³-hybridized carbons (Fsp3) is 0.727. The topological polar surface area (TPSA) is 48.3 Å². The number of ether oxygens (including phenoxy) is 2. The van der Waals surface area contributed by atoms with Gasteiger partial charge in [-0.15, -0.1) is 0 Å². The molecular formula is C11H21N3O2. The summed E-state index contributed by atoms with van der Waals surface area (Å²) in [6, 6.07) is 0. The lowest BCUT2D eigenvalue weighted by molar-refractivity contribution is 0.0290. The summed E-state index contributed by atoms with van der Waals surface area (Å²) in [4.78, 5) is 3.99. The molecule has 1 heterocycles. The number of aromatic nitrogens is 2. The molecule has 0 bridgehead atoms. The van der Waals surface area contributed by atoms with Crippen LogP contribution in [-0.2, 0) is 16.0 Å². The van der Waals surface area contributed by atoms with Gasteiger partial charge in [-0.2, -0.15) is 0 Å². The van der Waals surface area contributed by atoms with Crippen LogP contribution < -0.4 is 5.32 Å². The summed E-state index contributed by atoms with van der Waals surface area (Å²) in [7, 11) is 3.39. The van der Waals surface area contributed by atoms with Crippen LogP contribution in [0.15, 0.2) is 18.7 Å². The minimum absolute atomic E-state index is 0.137. The van der Waals surface area contributed by atoms with E-state index in [4.69, 9.17) is 9.47 Å². The van der Waals surface area contributed by atoms with Gasteiger partial charge in [-0.3, -0.25) is 0 Å². The molecule has 16 heavy (non-hydrogen) atoms. The Hall–Kier alpha value is -0.910. The van der Waals surface area contributed by atoms with Gasteiger partial charge in [0.25, 0.3) is 0 Å². The molecule has 5 heteroatoms. The monoisotopic (exact) mass is 227 g/mol. The zero-order valence-electron chi connectivity index (χ0n) is 10.1. The molecule has 0 fully saturated rings. The van der Waals surface area contributed by atoms with Crippen LogP contribution in [0.3, 0.4) is 0 Å². The van der Waals surface area contributed by atoms with Gasteiger partial charge in [-0.05, 0) is 13.0 Å². The molecule has 1 N–H and O–H groups in total. The molecule has 92 valence electrons. The Balaban J connectivity index is 1.98. The highest BCUT2D eigenvalue weighted by Gasteiger charge is 2.04. The molecule has 1 aromatic heterocycles. The van der Waals surface area contributed by atoms with E-state index in [0.29, 0.717) is 6.61 Å². The maximum absolute atomic E-state index is 5.24. The minimum Gasteiger partial charge on any atom is -0.382 e. The van der Waals surface area contributed by atoms with Gasteiger partial charge in [0.1, 0.15) is 0 Å². The molecule has 0 radical (unpaired) electrons. The van der Waals surface area contributed by atoms with Gasteiger partial charge in [-0.1, -0.05) is 0 Å². The number of rotatable bonds is 9. The van der Waals surface area contributed by atoms with Gasteiger partial charge in [0, 0.05) is 39.7 Å². The van der Waals surface area contributed by atoms with E-state index in [2.05, 4.69) is 14.9 Å². The fourth-order valence-corrected chi connectivity index (χ4v) is 1.46. The molecule has 0 saturated heterocycles. The molecule has 0 spiro atoms. The Morgan fingerprint density at radius 2 is 2.31 bits per heavy atom. The minimum atomic E-state index is 0.137. The van der Waals surface area contributed by atoms with Crippen molar-refractivity contribution in [1.29, 1.82) is 0 Å². The fourth-order valence-electron chi connectivity index (χ4n) is 1.46. The highest BCUT2D eigenvalue weighted by molar-refractivity contribution is 4.73. The second kappa shape index (κ2) is 8.27. The Labute approximate surface area is 96.8 Å². The number of methoxy groups -OCH3 is 2. The first-order chi connectivity index (χ1) is 7.86. The number of hydrogen-bond acceptors (Lipinski definition) is 4. The number of imidazole rings is 1. The largest absolute Gasteiger partial charge is 0.382 e. The van der Waals surface area contributed by atoms with Crippen LogP contribution in [-0.4, -0.2) is 49.6 Å². The van der Waals surface area contributed by atoms with E-state index in [1.165, 1.54) is 0 Å². The number of nitrogens with zero attached hydrogens (tertiary/aromatic N) is 2. The SMILES string of the molecule is COCC(CNCCCn1ccnc1)OC. The maximum Gasteiger partial charge on any atom is 0.0945 e. The lowest BCUT2D eigenvalue weighted by Crippen LogP contribution is -2.32. The third-order valence-electron chi connectivity index (χ3n) is 2.39. The predicted molar refractivity (Wildman–Crippen MR) is 62.4 cm³/mol. The van der Waals surface area contributed by atoms with Gasteiger partial charge in [0.05, 0.1) is 19.0 Å². The highest BCUT2D eigenvalue weighted by atomic mass is 16.5. The van der Waals surface area contributed by atoms with Crippen LogP contribution in [0.5, 0.6) is 0 Å². The molecule has 0 aromatic carbocycles. The smallest absolute Gasteiger partial charge is 0.0945 e. The second-order valence-corrected chi connectivity index (χ2v) is 3.67. The summed E-state index contributed by atoms with van der Waals surface area (Å²) in [5, 5.41) is 3.34. The molecule has 5 nitrogen and oxygen atoms in total. The molecule has 1 atom stereocenters. The second-order valence-electron chi connectivity index (χ2n) is 3.67. The van der Waals surface area contributed by atoms with E-state index in [1.54, 1.807) is 20.4 Å². The van der Waals surface area contributed by atoms with Crippen molar-refractivity contribution >= 4 is 0 Å². The number of nitrogens with one attached hydrogen (secondary N) is 1. The Morgan fingerprint density at radius 1 is 1.44 bits per heavy atom. The van der Waals surface area contributed by atoms with Crippen LogP contribution in [0.1, 0.15) is 6.42 Å². The first-order valence-electron chi connectivity index (χ1n) is 5.55. The maximum atomic E-state index is 5.24. The van der Waals surface area contributed by atoms with Crippen LogP contribution in [0.4, 0.5) is 0 Å². The van der Waals surface area contributed by atoms with E-state index in [0.717, 1.165) is 26.1 Å². The van der Waals surface area contributed by atoms with E-state index in [9.17, 15) is 0 Å². The summed E-state index contributed by atoms with van der Waals surface area (Å²) in [5.41, 5.74) is 0. The van der Waals surface area contributed by atoms with Crippen molar-refractivity contribution in [1.82, 2.24) is 14.9 Å². The molecular weight excluding hydrogens is 206 g/mol. The van der Waals surface area contributed by atoms with Crippen LogP contribution in [0, 0.1) is 0 Å². The Bertz CT molecular complexity index is 252. The zero-order chi connectivity index (χ0) is 11.6. The van der Waals surface area contributed by atoms with Crippen LogP contribution in [0.2, 0.25) is 0 Å². The molecule has 0 aliphatic rings. The average molecular weight is 227 g/mol. The number of hydrogen-bond donors (Lipinski definition) is 1. The van der Waals surface area contributed by atoms with Crippen molar-refractivity contribution in [3.63, 3.8) is 0 Å². The van der Waals surface area contributed by atoms with Crippen LogP contribution in [0.25, 0.3) is 0 Å². The van der Waals surface area contributed by atoms with Gasteiger partial charge in [-0.25, -0.2) is 4.98 Å². The zero-order valence-corrected chi connectivity index (χ0v) is 10.1. The number of aryl methyl sites for hydroxylation is 1. The van der Waals surface area contributed by atoms with E-state index >= 15 is 0 Å². The normalized spacial score (nSPS) is 12.9. The molecule has 0 aliphatic carbocycles. The summed E-state index contributed by atoms with van der Waals surface area (Å²) in [6.45, 7) is 3.43. The van der Waals surface area contributed by atoms with Gasteiger partial charge < -0.3 is 19.4 Å². The van der Waals surface area contributed by atoms with Crippen molar-refractivity contribution in [2.24, 2.45) is 0 Å². The quantitative estimate of drug-likeness (QED) is 0.625. The van der Waals surface area contributed by atoms with Crippen LogP contribution >= 0.6 is 0 Å². The summed E-state index contributed by atoms with van der Waals surface area (Å²) in [5.74, 6) is 0. The van der Waals surface area contributed by atoms with Crippen molar-refractivity contribution < 1.29 is 9.47 Å². The Kier molecular flexibility index (Phi) is 6.80. The van der Waals surface area contributed by atoms with E-state index in [-0.39, 0.29) is 6.10 Å². The van der Waals surface area contributed by atoms with E-state index < -0.39 is 0 Å². The summed E-state index contributed by atoms with van der Waals surface area (Å²) in [6.07, 6.45) is 6.83. The molecule has 0 amide bonds. The highest BCUT2D eigenvalue weighted by Crippen LogP contribution is 1.91. The molecule has 1 aromatic rings. The lowest BCUT2D eigenvalue weighted by Gasteiger charge is -2.14. The summed E-state index contributed by atoms with van der Waals surface area (Å²) >= 11 is 0. The van der Waals surface area contributed by atoms with Gasteiger partial charge in [0.15, 0.2) is 0 Å². The van der Waals surface area contributed by atoms with Gasteiger partial charge >= 0.3 is 0 Å². The van der Waals surface area contributed by atoms with Crippen molar-refractivity contribution in [3.8, 4) is 0 Å². The standard InChI is InChI=1S/C11H21N3O2/c1-15-9-11(16-2)8-12-4-3-6-14-7-5-13-10-14/h5,7,10-12H,3-4,6,8-9H2,1-2H3. The van der Waals surface area contributed by atoms with Crippen molar-refractivity contribution in [3.05, 3.63) is 18.7 Å². The predicted octanol–water partition coefficient (Wildman–Crippen LogP) is 0.524. The first kappa shape index (κ1) is 13.2. The Morgan fingerprint density at radius 3 is 2.94 bits per heavy atom. The third-order valence-corrected chi connectivity index (χ3v) is 2.39. The third kappa shape index (κ3) is 5.25. The molecule has 0 aliphatic heterocycles. The molecule has 1 unspecified atom stereocenters. The van der Waals surface area contributed by atoms with Crippen molar-refractivity contribution in [2.45, 2.75) is 19.1 Å². The van der Waals surface area contributed by atoms with E-state index in [1.807, 2.05) is 12.5 Å². The molecule has 1 rings (SSSR count). The van der Waals surface area contributed by atoms with Crippen molar-refractivity contribution in [2.75, 3.05) is 33.9 Å². The summed E-state index contributed by atoms with van der Waals surface area (Å²) < 4.78 is 12.3. The average Bonchev–Trinajstić information content (AvgIpc) is 2.80. The lowest BCUT2D eigenvalue weighted by atomic mass is 10.3. The van der Waals surface area contributed by atoms with Gasteiger partial charge in [0.2, 0.25) is 0 Å². The first-order valence-corrected chi connectivity index (χ1v) is 5.55.